The Morgan fingerprint density at radius 1 is 1.29 bits per heavy atom. The molecule has 3 N–H and O–H groups in total. The maximum absolute atomic E-state index is 11.6. The quantitative estimate of drug-likeness (QED) is 0.264. The van der Waals surface area contributed by atoms with Crippen molar-refractivity contribution in [3.05, 3.63) is 0 Å². The molecule has 1 saturated heterocycles. The van der Waals surface area contributed by atoms with Crippen LogP contribution in [-0.4, -0.2) is 54.2 Å². The second-order valence-corrected chi connectivity index (χ2v) is 4.09. The van der Waals surface area contributed by atoms with Gasteiger partial charge in [0.15, 0.2) is 0 Å². The topological polar surface area (TPSA) is 95.7 Å². The van der Waals surface area contributed by atoms with Crippen LogP contribution in [0.25, 0.3) is 0 Å². The van der Waals surface area contributed by atoms with Gasteiger partial charge in [0.05, 0.1) is 13.1 Å². The fraction of sp³-hybridized carbons (Fsp3) is 0.700. The summed E-state index contributed by atoms with van der Waals surface area (Å²) in [6, 6.07) is 0. The third-order valence-corrected chi connectivity index (χ3v) is 2.72. The smallest absolute Gasteiger partial charge is 0.242 e. The van der Waals surface area contributed by atoms with Crippen molar-refractivity contribution in [1.82, 2.24) is 15.2 Å². The number of hydrazine groups is 1. The molecule has 0 atom stereocenters. The molecule has 7 nitrogen and oxygen atoms in total. The van der Waals surface area contributed by atoms with E-state index in [9.17, 15) is 14.4 Å². The first kappa shape index (κ1) is 13.4. The number of nitrogens with one attached hydrogen (secondary N) is 1. The number of unbranched alkanes of at least 4 members (excludes halogenated alkanes) is 1. The molecule has 0 aliphatic carbocycles. The SMILES string of the molecule is CN1CC(=O)N(CCCCC(=O)NN)CC1=O. The van der Waals surface area contributed by atoms with Gasteiger partial charge in [-0.2, -0.15) is 0 Å². The lowest BCUT2D eigenvalue weighted by Crippen LogP contribution is -2.52. The summed E-state index contributed by atoms with van der Waals surface area (Å²) in [7, 11) is 1.61. The normalized spacial score (nSPS) is 16.4. The van der Waals surface area contributed by atoms with Crippen LogP contribution in [-0.2, 0) is 14.4 Å². The van der Waals surface area contributed by atoms with Gasteiger partial charge in [0.25, 0.3) is 0 Å². The van der Waals surface area contributed by atoms with Gasteiger partial charge in [0, 0.05) is 20.0 Å². The van der Waals surface area contributed by atoms with Crippen LogP contribution in [0, 0.1) is 0 Å². The number of carbonyl (C=O) groups is 3. The largest absolute Gasteiger partial charge is 0.335 e. The third kappa shape index (κ3) is 4.03. The van der Waals surface area contributed by atoms with Gasteiger partial charge in [-0.25, -0.2) is 5.84 Å². The van der Waals surface area contributed by atoms with Crippen LogP contribution >= 0.6 is 0 Å². The Labute approximate surface area is 99.9 Å². The number of nitrogens with two attached hydrogens (primary N) is 1. The summed E-state index contributed by atoms with van der Waals surface area (Å²) in [6.07, 6.45) is 1.68. The van der Waals surface area contributed by atoms with E-state index in [1.54, 1.807) is 7.05 Å². The molecule has 0 spiro atoms. The highest BCUT2D eigenvalue weighted by molar-refractivity contribution is 5.92. The standard InChI is InChI=1S/C10H18N4O3/c1-13-6-10(17)14(7-9(13)16)5-3-2-4-8(15)12-11/h2-7,11H2,1H3,(H,12,15). The highest BCUT2D eigenvalue weighted by atomic mass is 16.2. The van der Waals surface area contributed by atoms with Crippen LogP contribution in [0.1, 0.15) is 19.3 Å². The predicted molar refractivity (Wildman–Crippen MR) is 60.4 cm³/mol. The van der Waals surface area contributed by atoms with Crippen LogP contribution < -0.4 is 11.3 Å². The summed E-state index contributed by atoms with van der Waals surface area (Å²) < 4.78 is 0. The zero-order valence-corrected chi connectivity index (χ0v) is 9.94. The molecule has 1 rings (SSSR count). The Bertz CT molecular complexity index is 319. The van der Waals surface area contributed by atoms with Crippen molar-refractivity contribution in [1.29, 1.82) is 0 Å². The summed E-state index contributed by atoms with van der Waals surface area (Å²) in [6.45, 7) is 0.788. The van der Waals surface area contributed by atoms with Gasteiger partial charge in [0.1, 0.15) is 0 Å². The summed E-state index contributed by atoms with van der Waals surface area (Å²) >= 11 is 0. The maximum atomic E-state index is 11.6. The maximum Gasteiger partial charge on any atom is 0.242 e. The zero-order valence-electron chi connectivity index (χ0n) is 9.94. The molecule has 1 heterocycles. The molecular weight excluding hydrogens is 224 g/mol. The highest BCUT2D eigenvalue weighted by Crippen LogP contribution is 2.05. The average Bonchev–Trinajstić information content (AvgIpc) is 2.30. The van der Waals surface area contributed by atoms with E-state index in [2.05, 4.69) is 0 Å². The van der Waals surface area contributed by atoms with E-state index in [0.29, 0.717) is 25.8 Å². The van der Waals surface area contributed by atoms with Crippen LogP contribution in [0.3, 0.4) is 0 Å². The summed E-state index contributed by atoms with van der Waals surface area (Å²) in [5.41, 5.74) is 2.04. The molecule has 17 heavy (non-hydrogen) atoms. The van der Waals surface area contributed by atoms with Crippen LogP contribution in [0.5, 0.6) is 0 Å². The summed E-state index contributed by atoms with van der Waals surface area (Å²) in [5.74, 6) is 4.62. The van der Waals surface area contributed by atoms with E-state index in [4.69, 9.17) is 5.84 Å². The van der Waals surface area contributed by atoms with Crippen molar-refractivity contribution < 1.29 is 14.4 Å². The first-order valence-electron chi connectivity index (χ1n) is 5.55. The van der Waals surface area contributed by atoms with E-state index in [1.165, 1.54) is 9.80 Å². The monoisotopic (exact) mass is 242 g/mol. The van der Waals surface area contributed by atoms with Gasteiger partial charge in [-0.1, -0.05) is 0 Å². The lowest BCUT2D eigenvalue weighted by atomic mass is 10.2. The average molecular weight is 242 g/mol. The fourth-order valence-electron chi connectivity index (χ4n) is 1.63. The number of piperazine rings is 1. The van der Waals surface area contributed by atoms with Crippen molar-refractivity contribution >= 4 is 17.7 Å². The van der Waals surface area contributed by atoms with Gasteiger partial charge in [0.2, 0.25) is 17.7 Å². The molecule has 0 saturated carbocycles. The van der Waals surface area contributed by atoms with Crippen LogP contribution in [0.15, 0.2) is 0 Å². The van der Waals surface area contributed by atoms with Gasteiger partial charge >= 0.3 is 0 Å². The highest BCUT2D eigenvalue weighted by Gasteiger charge is 2.26. The third-order valence-electron chi connectivity index (χ3n) is 2.72. The van der Waals surface area contributed by atoms with Crippen molar-refractivity contribution in [3.63, 3.8) is 0 Å². The molecule has 1 fully saturated rings. The zero-order chi connectivity index (χ0) is 12.8. The lowest BCUT2D eigenvalue weighted by molar-refractivity contribution is -0.148. The first-order valence-corrected chi connectivity index (χ1v) is 5.55. The Balaban J connectivity index is 2.25. The Kier molecular flexibility index (Phi) is 4.89. The Morgan fingerprint density at radius 2 is 2.00 bits per heavy atom. The number of hydrogen-bond donors (Lipinski definition) is 2. The number of hydrogen-bond acceptors (Lipinski definition) is 4. The summed E-state index contributed by atoms with van der Waals surface area (Å²) in [4.78, 5) is 36.7. The molecule has 7 heteroatoms. The van der Waals surface area contributed by atoms with Crippen molar-refractivity contribution in [3.8, 4) is 0 Å². The number of rotatable bonds is 5. The number of nitrogens with zero attached hydrogens (tertiary/aromatic N) is 2. The number of carbonyl (C=O) groups excluding carboxylic acids is 3. The van der Waals surface area contributed by atoms with Crippen molar-refractivity contribution in [2.24, 2.45) is 5.84 Å². The number of likely N-dealkylation sites (N-methyl/N-ethyl adjacent to an activating group) is 1. The molecule has 0 radical (unpaired) electrons. The summed E-state index contributed by atoms with van der Waals surface area (Å²) in [5, 5.41) is 0. The first-order chi connectivity index (χ1) is 8.04. The van der Waals surface area contributed by atoms with E-state index in [-0.39, 0.29) is 30.8 Å². The van der Waals surface area contributed by atoms with Crippen molar-refractivity contribution in [2.75, 3.05) is 26.7 Å². The van der Waals surface area contributed by atoms with E-state index in [1.807, 2.05) is 5.43 Å². The van der Waals surface area contributed by atoms with Crippen molar-refractivity contribution in [2.45, 2.75) is 19.3 Å². The van der Waals surface area contributed by atoms with Gasteiger partial charge in [-0.05, 0) is 12.8 Å². The van der Waals surface area contributed by atoms with E-state index in [0.717, 1.165) is 0 Å². The van der Waals surface area contributed by atoms with Crippen LogP contribution in [0.2, 0.25) is 0 Å². The van der Waals surface area contributed by atoms with Gasteiger partial charge in [-0.3, -0.25) is 19.8 Å². The van der Waals surface area contributed by atoms with Gasteiger partial charge < -0.3 is 9.80 Å². The second kappa shape index (κ2) is 6.19. The molecule has 3 amide bonds. The molecular formula is C10H18N4O3. The Morgan fingerprint density at radius 3 is 2.65 bits per heavy atom. The molecule has 1 aliphatic heterocycles. The molecule has 0 aromatic heterocycles. The lowest BCUT2D eigenvalue weighted by Gasteiger charge is -2.31. The Hall–Kier alpha value is -1.63. The minimum Gasteiger partial charge on any atom is -0.335 e. The molecule has 1 aliphatic rings. The molecule has 0 aromatic carbocycles. The molecule has 0 unspecified atom stereocenters. The van der Waals surface area contributed by atoms with E-state index >= 15 is 0 Å². The minimum atomic E-state index is -0.217. The molecule has 0 aromatic rings. The molecule has 0 bridgehead atoms. The second-order valence-electron chi connectivity index (χ2n) is 4.09. The fourth-order valence-corrected chi connectivity index (χ4v) is 1.63. The molecule has 96 valence electrons. The van der Waals surface area contributed by atoms with E-state index < -0.39 is 0 Å². The number of amides is 3. The van der Waals surface area contributed by atoms with Gasteiger partial charge in [-0.15, -0.1) is 0 Å². The predicted octanol–water partition coefficient (Wildman–Crippen LogP) is -1.55. The van der Waals surface area contributed by atoms with Crippen LogP contribution in [0.4, 0.5) is 0 Å². The minimum absolute atomic E-state index is 0.0459.